The van der Waals surface area contributed by atoms with E-state index in [-0.39, 0.29) is 41.4 Å². The molecule has 2 aliphatic rings. The minimum atomic E-state index is -2.49. The Hall–Kier alpha value is -1.27. The number of halogens is 4. The summed E-state index contributed by atoms with van der Waals surface area (Å²) in [5, 5.41) is 6.58. The molecule has 2 saturated carbocycles. The fourth-order valence-electron chi connectivity index (χ4n) is 3.89. The van der Waals surface area contributed by atoms with Gasteiger partial charge in [-0.2, -0.15) is 0 Å². The lowest BCUT2D eigenvalue weighted by atomic mass is 9.86. The summed E-state index contributed by atoms with van der Waals surface area (Å²) in [6.45, 7) is 0.751. The molecule has 2 atom stereocenters. The van der Waals surface area contributed by atoms with E-state index >= 15 is 0 Å². The SMILES string of the molecule is O=C(N[C@H]1CC[C@H](NCC2CCC(F)(F)CC2)C1)c1cc(F)cc(Cl)c1. The second-order valence-electron chi connectivity index (χ2n) is 7.55. The number of nitrogens with one attached hydrogen (secondary N) is 2. The van der Waals surface area contributed by atoms with Crippen LogP contribution in [0.1, 0.15) is 55.3 Å². The van der Waals surface area contributed by atoms with Gasteiger partial charge in [-0.1, -0.05) is 11.6 Å². The van der Waals surface area contributed by atoms with Crippen molar-refractivity contribution in [1.82, 2.24) is 10.6 Å². The number of benzene rings is 1. The number of hydrogen-bond donors (Lipinski definition) is 2. The van der Waals surface area contributed by atoms with Gasteiger partial charge >= 0.3 is 0 Å². The van der Waals surface area contributed by atoms with Crippen LogP contribution in [0.25, 0.3) is 0 Å². The van der Waals surface area contributed by atoms with Crippen LogP contribution in [0, 0.1) is 11.7 Å². The average Bonchev–Trinajstić information content (AvgIpc) is 3.00. The second kappa shape index (κ2) is 8.17. The van der Waals surface area contributed by atoms with Crippen LogP contribution in [0.2, 0.25) is 5.02 Å². The van der Waals surface area contributed by atoms with Gasteiger partial charge in [-0.05, 0) is 62.8 Å². The van der Waals surface area contributed by atoms with Crippen LogP contribution in [0.15, 0.2) is 18.2 Å². The van der Waals surface area contributed by atoms with E-state index in [1.54, 1.807) is 0 Å². The molecule has 2 fully saturated rings. The van der Waals surface area contributed by atoms with E-state index < -0.39 is 11.7 Å². The van der Waals surface area contributed by atoms with Crippen LogP contribution in [0.5, 0.6) is 0 Å². The lowest BCUT2D eigenvalue weighted by Crippen LogP contribution is -2.37. The standard InChI is InChI=1S/C19H24ClF3N2O/c20-14-7-13(8-15(21)9-14)18(26)25-17-2-1-16(10-17)24-11-12-3-5-19(22,23)6-4-12/h7-9,12,16-17,24H,1-6,10-11H2,(H,25,26)/t16-,17-/m0/s1. The van der Waals surface area contributed by atoms with Crippen LogP contribution in [-0.4, -0.2) is 30.5 Å². The molecule has 7 heteroatoms. The van der Waals surface area contributed by atoms with Crippen LogP contribution < -0.4 is 10.6 Å². The maximum Gasteiger partial charge on any atom is 0.251 e. The molecule has 2 N–H and O–H groups in total. The highest BCUT2D eigenvalue weighted by Crippen LogP contribution is 2.36. The van der Waals surface area contributed by atoms with Crippen molar-refractivity contribution < 1.29 is 18.0 Å². The van der Waals surface area contributed by atoms with Gasteiger partial charge in [0.1, 0.15) is 5.82 Å². The highest BCUT2D eigenvalue weighted by atomic mass is 35.5. The zero-order chi connectivity index (χ0) is 18.7. The van der Waals surface area contributed by atoms with Gasteiger partial charge in [0.2, 0.25) is 5.92 Å². The Bertz CT molecular complexity index is 625. The molecule has 0 heterocycles. The number of amides is 1. The van der Waals surface area contributed by atoms with Gasteiger partial charge in [-0.25, -0.2) is 13.2 Å². The average molecular weight is 389 g/mol. The van der Waals surface area contributed by atoms with Gasteiger partial charge < -0.3 is 10.6 Å². The molecule has 1 aromatic rings. The van der Waals surface area contributed by atoms with E-state index in [9.17, 15) is 18.0 Å². The van der Waals surface area contributed by atoms with Crippen molar-refractivity contribution in [2.75, 3.05) is 6.54 Å². The lowest BCUT2D eigenvalue weighted by molar-refractivity contribution is -0.0456. The summed E-state index contributed by atoms with van der Waals surface area (Å²) in [7, 11) is 0. The first-order valence-electron chi connectivity index (χ1n) is 9.19. The van der Waals surface area contributed by atoms with Gasteiger partial charge in [0.05, 0.1) is 0 Å². The van der Waals surface area contributed by atoms with Gasteiger partial charge in [0.15, 0.2) is 0 Å². The fraction of sp³-hybridized carbons (Fsp3) is 0.632. The monoisotopic (exact) mass is 388 g/mol. The summed E-state index contributed by atoms with van der Waals surface area (Å²) in [5.41, 5.74) is 0.217. The zero-order valence-electron chi connectivity index (χ0n) is 14.5. The van der Waals surface area contributed by atoms with Crippen LogP contribution >= 0.6 is 11.6 Å². The minimum absolute atomic E-state index is 0.0150. The first kappa shape index (κ1) is 19.5. The number of rotatable bonds is 5. The summed E-state index contributed by atoms with van der Waals surface area (Å²) in [6.07, 6.45) is 3.66. The minimum Gasteiger partial charge on any atom is -0.349 e. The number of carbonyl (C=O) groups is 1. The van der Waals surface area contributed by atoms with Gasteiger partial charge in [0, 0.05) is 35.5 Å². The summed E-state index contributed by atoms with van der Waals surface area (Å²) in [5.74, 6) is -3.05. The van der Waals surface area contributed by atoms with E-state index in [1.807, 2.05) is 0 Å². The maximum absolute atomic E-state index is 13.4. The van der Waals surface area contributed by atoms with E-state index in [0.717, 1.165) is 31.9 Å². The molecule has 0 aromatic heterocycles. The van der Waals surface area contributed by atoms with E-state index in [2.05, 4.69) is 10.6 Å². The summed E-state index contributed by atoms with van der Waals surface area (Å²) < 4.78 is 39.7. The summed E-state index contributed by atoms with van der Waals surface area (Å²) >= 11 is 5.79. The predicted octanol–water partition coefficient (Wildman–Crippen LogP) is 4.55. The summed E-state index contributed by atoms with van der Waals surface area (Å²) in [4.78, 5) is 12.3. The highest BCUT2D eigenvalue weighted by molar-refractivity contribution is 6.31. The molecule has 0 radical (unpaired) electrons. The van der Waals surface area contributed by atoms with Crippen LogP contribution in [-0.2, 0) is 0 Å². The van der Waals surface area contributed by atoms with Crippen molar-refractivity contribution in [2.24, 2.45) is 5.92 Å². The van der Waals surface area contributed by atoms with Gasteiger partial charge in [0.25, 0.3) is 5.91 Å². The van der Waals surface area contributed by atoms with Gasteiger partial charge in [-0.3, -0.25) is 4.79 Å². The molecule has 0 aliphatic heterocycles. The predicted molar refractivity (Wildman–Crippen MR) is 95.2 cm³/mol. The molecule has 3 rings (SSSR count). The fourth-order valence-corrected chi connectivity index (χ4v) is 4.11. The topological polar surface area (TPSA) is 41.1 Å². The molecule has 144 valence electrons. The van der Waals surface area contributed by atoms with E-state index in [1.165, 1.54) is 12.1 Å². The quantitative estimate of drug-likeness (QED) is 0.777. The molecule has 3 nitrogen and oxygen atoms in total. The second-order valence-corrected chi connectivity index (χ2v) is 7.98. The Labute approximate surface area is 156 Å². The molecule has 0 unspecified atom stereocenters. The molecule has 1 amide bonds. The molecular formula is C19H24ClF3N2O. The Morgan fingerprint density at radius 3 is 2.50 bits per heavy atom. The molecule has 1 aromatic carbocycles. The molecule has 26 heavy (non-hydrogen) atoms. The van der Waals surface area contributed by atoms with Crippen molar-refractivity contribution >= 4 is 17.5 Å². The largest absolute Gasteiger partial charge is 0.349 e. The molecule has 0 saturated heterocycles. The molecule has 0 spiro atoms. The number of alkyl halides is 2. The van der Waals surface area contributed by atoms with E-state index in [0.29, 0.717) is 18.8 Å². The van der Waals surface area contributed by atoms with Crippen LogP contribution in [0.3, 0.4) is 0 Å². The highest BCUT2D eigenvalue weighted by Gasteiger charge is 2.35. The third-order valence-corrected chi connectivity index (χ3v) is 5.64. The molecule has 0 bridgehead atoms. The van der Waals surface area contributed by atoms with Crippen molar-refractivity contribution in [1.29, 1.82) is 0 Å². The van der Waals surface area contributed by atoms with Crippen LogP contribution in [0.4, 0.5) is 13.2 Å². The zero-order valence-corrected chi connectivity index (χ0v) is 15.3. The van der Waals surface area contributed by atoms with Gasteiger partial charge in [-0.15, -0.1) is 0 Å². The summed E-state index contributed by atoms with van der Waals surface area (Å²) in [6, 6.07) is 4.08. The Kier molecular flexibility index (Phi) is 6.13. The Morgan fingerprint density at radius 2 is 1.81 bits per heavy atom. The molecule has 2 aliphatic carbocycles. The third-order valence-electron chi connectivity index (χ3n) is 5.42. The number of hydrogen-bond acceptors (Lipinski definition) is 2. The van der Waals surface area contributed by atoms with Crippen molar-refractivity contribution in [3.8, 4) is 0 Å². The van der Waals surface area contributed by atoms with Crippen molar-refractivity contribution in [2.45, 2.75) is 63.0 Å². The normalized spacial score (nSPS) is 26.0. The number of carbonyl (C=O) groups excluding carboxylic acids is 1. The lowest BCUT2D eigenvalue weighted by Gasteiger charge is -2.29. The Morgan fingerprint density at radius 1 is 1.12 bits per heavy atom. The van der Waals surface area contributed by atoms with Crippen molar-refractivity contribution in [3.63, 3.8) is 0 Å². The third kappa shape index (κ3) is 5.36. The first-order valence-corrected chi connectivity index (χ1v) is 9.57. The first-order chi connectivity index (χ1) is 12.3. The van der Waals surface area contributed by atoms with Crippen molar-refractivity contribution in [3.05, 3.63) is 34.6 Å². The smallest absolute Gasteiger partial charge is 0.251 e. The Balaban J connectivity index is 1.42. The maximum atomic E-state index is 13.4. The molecular weight excluding hydrogens is 365 g/mol. The van der Waals surface area contributed by atoms with E-state index in [4.69, 9.17) is 11.6 Å².